The summed E-state index contributed by atoms with van der Waals surface area (Å²) in [5.41, 5.74) is 2.88. The number of rotatable bonds is 12. The number of carbonyl (C=O) groups is 2. The summed E-state index contributed by atoms with van der Waals surface area (Å²) in [6, 6.07) is 7.72. The molecule has 33 heavy (non-hydrogen) atoms. The Kier molecular flexibility index (Phi) is 10.1. The number of hydroxylamine groups is 1. The number of fused-ring (bicyclic) bond motifs is 1. The molecular weight excluding hydrogens is 440 g/mol. The summed E-state index contributed by atoms with van der Waals surface area (Å²) in [7, 11) is 0. The summed E-state index contributed by atoms with van der Waals surface area (Å²) < 4.78 is 12.1. The van der Waals surface area contributed by atoms with Crippen molar-refractivity contribution < 1.29 is 24.3 Å². The molecule has 1 fully saturated rings. The van der Waals surface area contributed by atoms with E-state index in [2.05, 4.69) is 23.7 Å². The van der Waals surface area contributed by atoms with Gasteiger partial charge in [-0.2, -0.15) is 0 Å². The van der Waals surface area contributed by atoms with Crippen molar-refractivity contribution in [3.63, 3.8) is 0 Å². The number of thiophene rings is 1. The third kappa shape index (κ3) is 7.50. The second kappa shape index (κ2) is 13.0. The molecule has 0 aliphatic heterocycles. The molecule has 2 aromatic rings. The Morgan fingerprint density at radius 3 is 2.67 bits per heavy atom. The zero-order chi connectivity index (χ0) is 23.6. The fourth-order valence-electron chi connectivity index (χ4n) is 4.52. The second-order valence-corrected chi connectivity index (χ2v) is 9.92. The SMILES string of the molecule is CCOCOCC(CC(Cc1csc2ccccc12)C(=O)NO)NC(=O)C1CCC(C)CC1. The summed E-state index contributed by atoms with van der Waals surface area (Å²) in [4.78, 5) is 25.5. The van der Waals surface area contributed by atoms with Crippen LogP contribution in [-0.4, -0.2) is 43.1 Å². The third-order valence-electron chi connectivity index (χ3n) is 6.50. The van der Waals surface area contributed by atoms with Crippen LogP contribution in [0, 0.1) is 17.8 Å². The highest BCUT2D eigenvalue weighted by atomic mass is 32.1. The molecule has 2 atom stereocenters. The monoisotopic (exact) mass is 476 g/mol. The lowest BCUT2D eigenvalue weighted by atomic mass is 9.82. The first kappa shape index (κ1) is 25.6. The number of nitrogens with one attached hydrogen (secondary N) is 2. The summed E-state index contributed by atoms with van der Waals surface area (Å²) in [5, 5.41) is 15.7. The molecule has 1 aromatic carbocycles. The predicted molar refractivity (Wildman–Crippen MR) is 129 cm³/mol. The summed E-state index contributed by atoms with van der Waals surface area (Å²) in [5.74, 6) is -0.281. The Hall–Kier alpha value is -2.00. The Labute approximate surface area is 199 Å². The molecular formula is C25H36N2O5S. The molecule has 0 spiro atoms. The first-order chi connectivity index (χ1) is 16.0. The van der Waals surface area contributed by atoms with E-state index in [1.165, 1.54) is 0 Å². The van der Waals surface area contributed by atoms with E-state index in [1.807, 2.05) is 30.6 Å². The van der Waals surface area contributed by atoms with Crippen molar-refractivity contribution >= 4 is 33.2 Å². The molecule has 0 bridgehead atoms. The highest BCUT2D eigenvalue weighted by Gasteiger charge is 2.29. The Balaban J connectivity index is 1.70. The van der Waals surface area contributed by atoms with E-state index in [0.29, 0.717) is 25.4 Å². The molecule has 0 saturated heterocycles. The van der Waals surface area contributed by atoms with Crippen LogP contribution in [-0.2, 0) is 25.5 Å². The molecule has 3 rings (SSSR count). The smallest absolute Gasteiger partial charge is 0.246 e. The highest BCUT2D eigenvalue weighted by molar-refractivity contribution is 7.17. The number of hydrogen-bond donors (Lipinski definition) is 3. The quantitative estimate of drug-likeness (QED) is 0.184. The van der Waals surface area contributed by atoms with E-state index in [9.17, 15) is 14.8 Å². The zero-order valence-corrected chi connectivity index (χ0v) is 20.4. The minimum Gasteiger partial charge on any atom is -0.356 e. The minimum absolute atomic E-state index is 0.00141. The minimum atomic E-state index is -0.514. The van der Waals surface area contributed by atoms with Gasteiger partial charge in [0.2, 0.25) is 11.8 Å². The van der Waals surface area contributed by atoms with E-state index in [1.54, 1.807) is 11.3 Å². The molecule has 1 saturated carbocycles. The highest BCUT2D eigenvalue weighted by Crippen LogP contribution is 2.30. The Morgan fingerprint density at radius 1 is 1.18 bits per heavy atom. The third-order valence-corrected chi connectivity index (χ3v) is 7.51. The maximum absolute atomic E-state index is 13.0. The van der Waals surface area contributed by atoms with Crippen LogP contribution in [0.4, 0.5) is 0 Å². The van der Waals surface area contributed by atoms with Crippen LogP contribution in [0.1, 0.15) is 51.5 Å². The summed E-state index contributed by atoms with van der Waals surface area (Å²) in [6.07, 6.45) is 4.73. The van der Waals surface area contributed by atoms with Crippen LogP contribution in [0.2, 0.25) is 0 Å². The maximum Gasteiger partial charge on any atom is 0.246 e. The Morgan fingerprint density at radius 2 is 1.94 bits per heavy atom. The first-order valence-electron chi connectivity index (χ1n) is 11.9. The lowest BCUT2D eigenvalue weighted by Crippen LogP contribution is -2.45. The van der Waals surface area contributed by atoms with Crippen molar-refractivity contribution in [2.24, 2.45) is 17.8 Å². The largest absolute Gasteiger partial charge is 0.356 e. The molecule has 0 radical (unpaired) electrons. The van der Waals surface area contributed by atoms with Gasteiger partial charge in [0.15, 0.2) is 0 Å². The number of ether oxygens (including phenoxy) is 2. The number of benzene rings is 1. The summed E-state index contributed by atoms with van der Waals surface area (Å²) in [6.45, 7) is 5.03. The molecule has 1 aliphatic rings. The fraction of sp³-hybridized carbons (Fsp3) is 0.600. The van der Waals surface area contributed by atoms with Crippen molar-refractivity contribution in [1.29, 1.82) is 0 Å². The topological polar surface area (TPSA) is 96.9 Å². The van der Waals surface area contributed by atoms with Gasteiger partial charge in [0.1, 0.15) is 6.79 Å². The van der Waals surface area contributed by atoms with Crippen LogP contribution in [0.3, 0.4) is 0 Å². The molecule has 1 aromatic heterocycles. The van der Waals surface area contributed by atoms with Gasteiger partial charge in [0.25, 0.3) is 0 Å². The van der Waals surface area contributed by atoms with Crippen LogP contribution in [0.25, 0.3) is 10.1 Å². The predicted octanol–water partition coefficient (Wildman–Crippen LogP) is 4.28. The van der Waals surface area contributed by atoms with E-state index in [4.69, 9.17) is 9.47 Å². The second-order valence-electron chi connectivity index (χ2n) is 9.01. The van der Waals surface area contributed by atoms with Gasteiger partial charge in [-0.05, 0) is 73.8 Å². The van der Waals surface area contributed by atoms with E-state index >= 15 is 0 Å². The molecule has 2 amide bonds. The number of carbonyl (C=O) groups excluding carboxylic acids is 2. The van der Waals surface area contributed by atoms with Crippen LogP contribution >= 0.6 is 11.3 Å². The number of amides is 2. The summed E-state index contributed by atoms with van der Waals surface area (Å²) >= 11 is 1.64. The molecule has 7 nitrogen and oxygen atoms in total. The lowest BCUT2D eigenvalue weighted by molar-refractivity contribution is -0.135. The van der Waals surface area contributed by atoms with Gasteiger partial charge >= 0.3 is 0 Å². The van der Waals surface area contributed by atoms with Gasteiger partial charge in [0.05, 0.1) is 12.6 Å². The Bertz CT molecular complexity index is 894. The average molecular weight is 477 g/mol. The van der Waals surface area contributed by atoms with Crippen molar-refractivity contribution in [1.82, 2.24) is 10.8 Å². The van der Waals surface area contributed by atoms with Crippen LogP contribution < -0.4 is 10.8 Å². The standard InChI is InChI=1S/C25H36N2O5S/c1-3-31-16-32-14-21(26-24(28)18-10-8-17(2)9-11-18)13-19(25(29)27-30)12-20-15-33-23-7-5-4-6-22(20)23/h4-7,15,17-19,21,30H,3,8-14,16H2,1-2H3,(H,26,28)(H,27,29). The lowest BCUT2D eigenvalue weighted by Gasteiger charge is -2.29. The normalized spacial score (nSPS) is 20.3. The molecule has 2 unspecified atom stereocenters. The zero-order valence-electron chi connectivity index (χ0n) is 19.5. The van der Waals surface area contributed by atoms with Gasteiger partial charge in [-0.3, -0.25) is 14.8 Å². The molecule has 8 heteroatoms. The molecule has 182 valence electrons. The van der Waals surface area contributed by atoms with Crippen molar-refractivity contribution in [3.8, 4) is 0 Å². The van der Waals surface area contributed by atoms with Crippen LogP contribution in [0.5, 0.6) is 0 Å². The van der Waals surface area contributed by atoms with Gasteiger partial charge < -0.3 is 14.8 Å². The molecule has 3 N–H and O–H groups in total. The van der Waals surface area contributed by atoms with Crippen molar-refractivity contribution in [3.05, 3.63) is 35.2 Å². The maximum atomic E-state index is 13.0. The average Bonchev–Trinajstić information content (AvgIpc) is 3.24. The van der Waals surface area contributed by atoms with Gasteiger partial charge in [-0.15, -0.1) is 11.3 Å². The van der Waals surface area contributed by atoms with Crippen molar-refractivity contribution in [2.75, 3.05) is 20.0 Å². The van der Waals surface area contributed by atoms with Gasteiger partial charge in [-0.1, -0.05) is 25.1 Å². The van der Waals surface area contributed by atoms with Gasteiger partial charge in [-0.25, -0.2) is 5.48 Å². The number of hydrogen-bond acceptors (Lipinski definition) is 6. The van der Waals surface area contributed by atoms with Crippen LogP contribution in [0.15, 0.2) is 29.6 Å². The fourth-order valence-corrected chi connectivity index (χ4v) is 5.49. The van der Waals surface area contributed by atoms with E-state index in [-0.39, 0.29) is 31.3 Å². The first-order valence-corrected chi connectivity index (χ1v) is 12.7. The van der Waals surface area contributed by atoms with E-state index in [0.717, 1.165) is 41.3 Å². The van der Waals surface area contributed by atoms with Gasteiger partial charge in [0, 0.05) is 23.1 Å². The van der Waals surface area contributed by atoms with E-state index < -0.39 is 11.8 Å². The molecule has 1 heterocycles. The molecule has 1 aliphatic carbocycles. The van der Waals surface area contributed by atoms with Crippen molar-refractivity contribution in [2.45, 2.75) is 58.4 Å².